The largest absolute Gasteiger partial charge is 0.353 e. The molecule has 34 heavy (non-hydrogen) atoms. The van der Waals surface area contributed by atoms with E-state index in [1.807, 2.05) is 24.3 Å². The SMILES string of the molecule is CC(C)P(=O)(c1ccc(NC2=Nc3ccccc3C3C2N=C(C2CCCC2)N3C)cc1)C(C)C. The Balaban J connectivity index is 1.47. The summed E-state index contributed by atoms with van der Waals surface area (Å²) in [6, 6.07) is 16.7. The van der Waals surface area contributed by atoms with Crippen LogP contribution >= 0.6 is 7.14 Å². The Morgan fingerprint density at radius 1 is 0.971 bits per heavy atom. The van der Waals surface area contributed by atoms with Crippen LogP contribution in [0.5, 0.6) is 0 Å². The van der Waals surface area contributed by atoms with Crippen LogP contribution in [-0.4, -0.2) is 41.0 Å². The molecule has 0 bridgehead atoms. The minimum absolute atomic E-state index is 0.0346. The van der Waals surface area contributed by atoms with Crippen molar-refractivity contribution in [2.45, 2.75) is 76.8 Å². The van der Waals surface area contributed by atoms with Gasteiger partial charge in [-0.05, 0) is 43.2 Å². The van der Waals surface area contributed by atoms with Crippen molar-refractivity contribution in [3.63, 3.8) is 0 Å². The lowest BCUT2D eigenvalue weighted by Gasteiger charge is -2.33. The first kappa shape index (κ1) is 23.4. The molecule has 0 saturated heterocycles. The van der Waals surface area contributed by atoms with E-state index in [2.05, 4.69) is 69.2 Å². The summed E-state index contributed by atoms with van der Waals surface area (Å²) < 4.78 is 13.7. The summed E-state index contributed by atoms with van der Waals surface area (Å²) in [7, 11) is -0.255. The monoisotopic (exact) mass is 476 g/mol. The molecule has 2 aliphatic heterocycles. The first-order valence-corrected chi connectivity index (χ1v) is 14.6. The van der Waals surface area contributed by atoms with Crippen LogP contribution in [0.25, 0.3) is 0 Å². The van der Waals surface area contributed by atoms with Gasteiger partial charge in [-0.1, -0.05) is 58.7 Å². The quantitative estimate of drug-likeness (QED) is 0.495. The number of nitrogens with zero attached hydrogens (tertiary/aromatic N) is 3. The maximum atomic E-state index is 13.7. The lowest BCUT2D eigenvalue weighted by molar-refractivity contribution is 0.377. The maximum Gasteiger partial charge on any atom is 0.134 e. The normalized spacial score (nSPS) is 22.6. The number of hydrogen-bond donors (Lipinski definition) is 1. The highest BCUT2D eigenvalue weighted by atomic mass is 31.2. The van der Waals surface area contributed by atoms with Gasteiger partial charge in [-0.2, -0.15) is 0 Å². The summed E-state index contributed by atoms with van der Waals surface area (Å²) in [5.41, 5.74) is 3.49. The zero-order valence-electron chi connectivity index (χ0n) is 21.0. The Labute approximate surface area is 204 Å². The molecule has 5 nitrogen and oxygen atoms in total. The molecule has 180 valence electrons. The van der Waals surface area contributed by atoms with Gasteiger partial charge >= 0.3 is 0 Å². The minimum atomic E-state index is -2.45. The van der Waals surface area contributed by atoms with Crippen molar-refractivity contribution in [3.05, 3.63) is 54.1 Å². The van der Waals surface area contributed by atoms with Gasteiger partial charge in [0.15, 0.2) is 0 Å². The number of amidine groups is 2. The van der Waals surface area contributed by atoms with Crippen molar-refractivity contribution >= 4 is 35.5 Å². The predicted octanol–water partition coefficient (Wildman–Crippen LogP) is 6.59. The van der Waals surface area contributed by atoms with Gasteiger partial charge in [0.1, 0.15) is 24.9 Å². The standard InChI is InChI=1S/C28H37N4OP/c1-18(2)34(33,19(3)4)22-16-14-21(15-17-22)29-27-25-26(23-12-8-9-13-24(23)30-27)32(5)28(31-25)20-10-6-7-11-20/h8-9,12-20,25-26H,6-7,10-11H2,1-5H3,(H,29,30). The Bertz CT molecular complexity index is 1150. The third-order valence-electron chi connectivity index (χ3n) is 7.92. The van der Waals surface area contributed by atoms with Crippen molar-refractivity contribution in [3.8, 4) is 0 Å². The van der Waals surface area contributed by atoms with Crippen LogP contribution < -0.4 is 10.6 Å². The van der Waals surface area contributed by atoms with Crippen molar-refractivity contribution in [1.29, 1.82) is 0 Å². The average Bonchev–Trinajstić information content (AvgIpc) is 3.47. The molecule has 2 heterocycles. The molecular weight excluding hydrogens is 439 g/mol. The summed E-state index contributed by atoms with van der Waals surface area (Å²) in [4.78, 5) is 12.7. The molecule has 2 aromatic carbocycles. The zero-order chi connectivity index (χ0) is 24.0. The fourth-order valence-electron chi connectivity index (χ4n) is 6.08. The Hall–Kier alpha value is -2.39. The molecule has 1 saturated carbocycles. The van der Waals surface area contributed by atoms with E-state index in [1.54, 1.807) is 0 Å². The molecule has 1 aliphatic carbocycles. The molecule has 2 unspecified atom stereocenters. The summed E-state index contributed by atoms with van der Waals surface area (Å²) in [6.07, 6.45) is 5.06. The first-order chi connectivity index (χ1) is 16.3. The van der Waals surface area contributed by atoms with E-state index in [9.17, 15) is 4.57 Å². The molecule has 0 amide bonds. The Morgan fingerprint density at radius 2 is 1.62 bits per heavy atom. The fourth-order valence-corrected chi connectivity index (χ4v) is 9.08. The average molecular weight is 477 g/mol. The van der Waals surface area contributed by atoms with Crippen LogP contribution in [-0.2, 0) is 4.57 Å². The minimum Gasteiger partial charge on any atom is -0.353 e. The van der Waals surface area contributed by atoms with Gasteiger partial charge in [-0.25, -0.2) is 4.99 Å². The summed E-state index contributed by atoms with van der Waals surface area (Å²) in [5.74, 6) is 2.69. The lowest BCUT2D eigenvalue weighted by atomic mass is 9.94. The van der Waals surface area contributed by atoms with Gasteiger partial charge in [0, 0.05) is 40.8 Å². The maximum absolute atomic E-state index is 13.7. The van der Waals surface area contributed by atoms with Gasteiger partial charge in [-0.3, -0.25) is 4.99 Å². The molecule has 2 aromatic rings. The molecule has 3 aliphatic rings. The number of anilines is 1. The number of aliphatic imine (C=N–C) groups is 2. The fraction of sp³-hybridized carbons (Fsp3) is 0.500. The smallest absolute Gasteiger partial charge is 0.134 e. The van der Waals surface area contributed by atoms with Crippen LogP contribution in [0.3, 0.4) is 0 Å². The van der Waals surface area contributed by atoms with Crippen molar-refractivity contribution < 1.29 is 4.57 Å². The Kier molecular flexibility index (Phi) is 6.18. The lowest BCUT2D eigenvalue weighted by Crippen LogP contribution is -2.38. The third-order valence-corrected chi connectivity index (χ3v) is 12.1. The summed E-state index contributed by atoms with van der Waals surface area (Å²) in [5, 5.41) is 4.55. The van der Waals surface area contributed by atoms with Crippen LogP contribution in [0.15, 0.2) is 58.5 Å². The van der Waals surface area contributed by atoms with Crippen molar-refractivity contribution in [2.75, 3.05) is 12.4 Å². The molecule has 6 heteroatoms. The number of para-hydroxylation sites is 1. The van der Waals surface area contributed by atoms with Crippen LogP contribution in [0, 0.1) is 5.92 Å². The molecule has 2 atom stereocenters. The number of benzene rings is 2. The van der Waals surface area contributed by atoms with E-state index >= 15 is 0 Å². The Morgan fingerprint density at radius 3 is 2.26 bits per heavy atom. The highest BCUT2D eigenvalue weighted by molar-refractivity contribution is 7.72. The molecule has 0 spiro atoms. The van der Waals surface area contributed by atoms with E-state index in [-0.39, 0.29) is 23.4 Å². The molecule has 0 radical (unpaired) electrons. The molecule has 1 fully saturated rings. The molecular formula is C28H37N4OP. The number of hydrogen-bond acceptors (Lipinski definition) is 5. The van der Waals surface area contributed by atoms with Crippen molar-refractivity contribution in [2.24, 2.45) is 15.9 Å². The molecule has 5 rings (SSSR count). The van der Waals surface area contributed by atoms with E-state index in [1.165, 1.54) is 37.1 Å². The van der Waals surface area contributed by atoms with Crippen LogP contribution in [0.4, 0.5) is 11.4 Å². The van der Waals surface area contributed by atoms with Gasteiger partial charge in [0.05, 0.1) is 11.7 Å². The highest BCUT2D eigenvalue weighted by Gasteiger charge is 2.44. The van der Waals surface area contributed by atoms with E-state index in [0.717, 1.165) is 22.5 Å². The zero-order valence-corrected chi connectivity index (χ0v) is 21.9. The second-order valence-electron chi connectivity index (χ2n) is 10.6. The van der Waals surface area contributed by atoms with Gasteiger partial charge in [0.2, 0.25) is 0 Å². The summed E-state index contributed by atoms with van der Waals surface area (Å²) >= 11 is 0. The van der Waals surface area contributed by atoms with E-state index in [4.69, 9.17) is 9.98 Å². The number of nitrogens with one attached hydrogen (secondary N) is 1. The first-order valence-electron chi connectivity index (χ1n) is 12.8. The number of rotatable bonds is 5. The topological polar surface area (TPSA) is 57.1 Å². The second kappa shape index (κ2) is 9.00. The molecule has 1 N–H and O–H groups in total. The second-order valence-corrected chi connectivity index (χ2v) is 14.6. The van der Waals surface area contributed by atoms with Gasteiger partial charge in [0.25, 0.3) is 0 Å². The predicted molar refractivity (Wildman–Crippen MR) is 145 cm³/mol. The van der Waals surface area contributed by atoms with Crippen molar-refractivity contribution in [1.82, 2.24) is 4.90 Å². The third kappa shape index (κ3) is 3.82. The molecule has 0 aromatic heterocycles. The van der Waals surface area contributed by atoms with Crippen LogP contribution in [0.1, 0.15) is 65.0 Å². The van der Waals surface area contributed by atoms with E-state index in [0.29, 0.717) is 5.92 Å². The number of likely N-dealkylation sites (N-methyl/N-ethyl adjacent to an activating group) is 1. The van der Waals surface area contributed by atoms with E-state index < -0.39 is 7.14 Å². The summed E-state index contributed by atoms with van der Waals surface area (Å²) in [6.45, 7) is 8.27. The van der Waals surface area contributed by atoms with Gasteiger partial charge < -0.3 is 14.8 Å². The highest BCUT2D eigenvalue weighted by Crippen LogP contribution is 2.53. The number of fused-ring (bicyclic) bond motifs is 3. The van der Waals surface area contributed by atoms with Crippen LogP contribution in [0.2, 0.25) is 0 Å². The van der Waals surface area contributed by atoms with Gasteiger partial charge in [-0.15, -0.1) is 0 Å².